The molecule has 0 amide bonds. The lowest BCUT2D eigenvalue weighted by molar-refractivity contribution is 0.316. The van der Waals surface area contributed by atoms with E-state index < -0.39 is 0 Å². The fraction of sp³-hybridized carbons (Fsp3) is 0.333. The highest BCUT2D eigenvalue weighted by Crippen LogP contribution is 2.26. The summed E-state index contributed by atoms with van der Waals surface area (Å²) in [6, 6.07) is 26.6. The van der Waals surface area contributed by atoms with Crippen molar-refractivity contribution in [1.82, 2.24) is 4.90 Å². The van der Waals surface area contributed by atoms with Crippen LogP contribution < -0.4 is 5.32 Å². The maximum absolute atomic E-state index is 3.54. The molecule has 2 heteroatoms. The first-order chi connectivity index (χ1) is 14.2. The van der Waals surface area contributed by atoms with E-state index in [1.54, 1.807) is 0 Å². The van der Waals surface area contributed by atoms with Crippen molar-refractivity contribution in [1.29, 1.82) is 0 Å². The lowest BCUT2D eigenvalue weighted by Crippen LogP contribution is -2.28. The van der Waals surface area contributed by atoms with E-state index in [2.05, 4.69) is 104 Å². The number of hydrogen-bond acceptors (Lipinski definition) is 2. The van der Waals surface area contributed by atoms with Crippen molar-refractivity contribution < 1.29 is 0 Å². The average Bonchev–Trinajstić information content (AvgIpc) is 2.78. The van der Waals surface area contributed by atoms with Crippen LogP contribution in [0, 0.1) is 0 Å². The number of nitrogens with zero attached hydrogens (tertiary/aromatic N) is 1. The molecule has 0 saturated heterocycles. The van der Waals surface area contributed by atoms with E-state index in [-0.39, 0.29) is 0 Å². The first kappa shape index (κ1) is 21.1. The van der Waals surface area contributed by atoms with E-state index in [9.17, 15) is 0 Å². The van der Waals surface area contributed by atoms with Crippen LogP contribution in [-0.2, 0) is 12.8 Å². The number of nitrogens with one attached hydrogen (secondary N) is 1. The second kappa shape index (κ2) is 10.8. The van der Waals surface area contributed by atoms with Gasteiger partial charge in [-0.2, -0.15) is 0 Å². The van der Waals surface area contributed by atoms with Crippen molar-refractivity contribution in [2.75, 3.05) is 31.5 Å². The zero-order chi connectivity index (χ0) is 20.5. The highest BCUT2D eigenvalue weighted by Gasteiger charge is 2.06. The third-order valence-electron chi connectivity index (χ3n) is 5.69. The smallest absolute Gasteiger partial charge is 0.0340 e. The van der Waals surface area contributed by atoms with Crippen molar-refractivity contribution in [2.45, 2.75) is 33.6 Å². The van der Waals surface area contributed by atoms with Gasteiger partial charge >= 0.3 is 0 Å². The van der Waals surface area contributed by atoms with Crippen LogP contribution in [-0.4, -0.2) is 31.1 Å². The van der Waals surface area contributed by atoms with Gasteiger partial charge in [-0.3, -0.25) is 0 Å². The molecule has 0 bridgehead atoms. The monoisotopic (exact) mass is 386 g/mol. The largest absolute Gasteiger partial charge is 0.384 e. The highest BCUT2D eigenvalue weighted by molar-refractivity contribution is 5.68. The van der Waals surface area contributed by atoms with Crippen LogP contribution in [0.4, 0.5) is 5.69 Å². The summed E-state index contributed by atoms with van der Waals surface area (Å²) in [4.78, 5) is 2.44. The number of rotatable bonds is 10. The van der Waals surface area contributed by atoms with Gasteiger partial charge in [0.05, 0.1) is 0 Å². The average molecular weight is 387 g/mol. The molecule has 0 heterocycles. The summed E-state index contributed by atoms with van der Waals surface area (Å²) in [5, 5.41) is 3.54. The Kier molecular flexibility index (Phi) is 7.89. The number of likely N-dealkylation sites (N-methyl/N-ethyl adjacent to an activating group) is 1. The van der Waals surface area contributed by atoms with Crippen LogP contribution >= 0.6 is 0 Å². The molecule has 2 nitrogen and oxygen atoms in total. The molecule has 152 valence electrons. The fourth-order valence-corrected chi connectivity index (χ4v) is 3.73. The van der Waals surface area contributed by atoms with Gasteiger partial charge in [0.15, 0.2) is 0 Å². The van der Waals surface area contributed by atoms with E-state index in [4.69, 9.17) is 0 Å². The molecule has 1 N–H and O–H groups in total. The SMILES string of the molecule is CCc1ccc(-c2ccccc2Cc2ccc(NCCN(CC)CC)cc2)cc1. The molecule has 3 aromatic carbocycles. The second-order valence-corrected chi connectivity index (χ2v) is 7.53. The molecule has 3 aromatic rings. The van der Waals surface area contributed by atoms with Gasteiger partial charge in [0, 0.05) is 18.8 Å². The van der Waals surface area contributed by atoms with E-state index in [0.717, 1.165) is 39.0 Å². The third-order valence-corrected chi connectivity index (χ3v) is 5.69. The van der Waals surface area contributed by atoms with Crippen molar-refractivity contribution in [3.05, 3.63) is 89.5 Å². The summed E-state index contributed by atoms with van der Waals surface area (Å²) in [5.74, 6) is 0. The Bertz CT molecular complexity index is 862. The molecule has 0 radical (unpaired) electrons. The summed E-state index contributed by atoms with van der Waals surface area (Å²) in [6.45, 7) is 10.9. The first-order valence-electron chi connectivity index (χ1n) is 11.0. The van der Waals surface area contributed by atoms with Crippen molar-refractivity contribution in [2.24, 2.45) is 0 Å². The molecule has 0 aliphatic rings. The normalized spacial score (nSPS) is 11.0. The molecule has 0 aliphatic carbocycles. The molecule has 0 fully saturated rings. The maximum atomic E-state index is 3.54. The van der Waals surface area contributed by atoms with Crippen LogP contribution in [0.25, 0.3) is 11.1 Å². The number of aryl methyl sites for hydroxylation is 1. The molecule has 3 rings (SSSR count). The van der Waals surface area contributed by atoms with E-state index in [1.165, 1.54) is 33.5 Å². The van der Waals surface area contributed by atoms with Crippen LogP contribution in [0.5, 0.6) is 0 Å². The molecular weight excluding hydrogens is 352 g/mol. The van der Waals surface area contributed by atoms with Gasteiger partial charge in [0.1, 0.15) is 0 Å². The van der Waals surface area contributed by atoms with Gasteiger partial charge in [-0.1, -0.05) is 81.4 Å². The van der Waals surface area contributed by atoms with Crippen molar-refractivity contribution in [3.63, 3.8) is 0 Å². The number of hydrogen-bond donors (Lipinski definition) is 1. The summed E-state index contributed by atoms with van der Waals surface area (Å²) in [6.07, 6.45) is 2.03. The van der Waals surface area contributed by atoms with Gasteiger partial charge in [-0.25, -0.2) is 0 Å². The molecule has 0 unspecified atom stereocenters. The molecule has 0 aliphatic heterocycles. The lowest BCUT2D eigenvalue weighted by Gasteiger charge is -2.18. The Labute approximate surface area is 176 Å². The van der Waals surface area contributed by atoms with Crippen molar-refractivity contribution >= 4 is 5.69 Å². The summed E-state index contributed by atoms with van der Waals surface area (Å²) < 4.78 is 0. The Balaban J connectivity index is 1.66. The molecular formula is C27H34N2. The second-order valence-electron chi connectivity index (χ2n) is 7.53. The van der Waals surface area contributed by atoms with E-state index in [0.29, 0.717) is 0 Å². The molecule has 29 heavy (non-hydrogen) atoms. The highest BCUT2D eigenvalue weighted by atomic mass is 15.1. The summed E-state index contributed by atoms with van der Waals surface area (Å²) in [5.41, 5.74) is 7.93. The Hall–Kier alpha value is -2.58. The predicted molar refractivity (Wildman–Crippen MR) is 127 cm³/mol. The zero-order valence-corrected chi connectivity index (χ0v) is 18.1. The number of benzene rings is 3. The summed E-state index contributed by atoms with van der Waals surface area (Å²) in [7, 11) is 0. The summed E-state index contributed by atoms with van der Waals surface area (Å²) >= 11 is 0. The molecule has 0 aromatic heterocycles. The molecule has 0 spiro atoms. The minimum absolute atomic E-state index is 0.950. The van der Waals surface area contributed by atoms with Gasteiger partial charge in [0.25, 0.3) is 0 Å². The number of anilines is 1. The van der Waals surface area contributed by atoms with Crippen LogP contribution in [0.1, 0.15) is 37.5 Å². The Morgan fingerprint density at radius 1 is 0.724 bits per heavy atom. The first-order valence-corrected chi connectivity index (χ1v) is 11.0. The minimum Gasteiger partial charge on any atom is -0.384 e. The van der Waals surface area contributed by atoms with E-state index in [1.807, 2.05) is 0 Å². The zero-order valence-electron chi connectivity index (χ0n) is 18.1. The van der Waals surface area contributed by atoms with E-state index >= 15 is 0 Å². The van der Waals surface area contributed by atoms with Gasteiger partial charge in [-0.05, 0) is 65.9 Å². The fourth-order valence-electron chi connectivity index (χ4n) is 3.73. The van der Waals surface area contributed by atoms with Crippen molar-refractivity contribution in [3.8, 4) is 11.1 Å². The van der Waals surface area contributed by atoms with Gasteiger partial charge in [0.2, 0.25) is 0 Å². The Morgan fingerprint density at radius 3 is 2.03 bits per heavy atom. The van der Waals surface area contributed by atoms with Gasteiger partial charge in [-0.15, -0.1) is 0 Å². The van der Waals surface area contributed by atoms with Gasteiger partial charge < -0.3 is 10.2 Å². The topological polar surface area (TPSA) is 15.3 Å². The quantitative estimate of drug-likeness (QED) is 0.442. The Morgan fingerprint density at radius 2 is 1.38 bits per heavy atom. The molecule has 0 saturated carbocycles. The standard InChI is InChI=1S/C27H34N2/c1-4-22-11-15-24(16-12-22)27-10-8-7-9-25(27)21-23-13-17-26(18-14-23)28-19-20-29(5-2)6-3/h7-18,28H,4-6,19-21H2,1-3H3. The lowest BCUT2D eigenvalue weighted by atomic mass is 9.94. The third kappa shape index (κ3) is 5.95. The maximum Gasteiger partial charge on any atom is 0.0340 e. The predicted octanol–water partition coefficient (Wildman–Crippen LogP) is 6.26. The van der Waals surface area contributed by atoms with Crippen LogP contribution in [0.15, 0.2) is 72.8 Å². The minimum atomic E-state index is 0.950. The van der Waals surface area contributed by atoms with Crippen LogP contribution in [0.3, 0.4) is 0 Å². The molecule has 0 atom stereocenters. The van der Waals surface area contributed by atoms with Crippen LogP contribution in [0.2, 0.25) is 0 Å².